The first-order chi connectivity index (χ1) is 19.6. The maximum atomic E-state index is 13.7. The van der Waals surface area contributed by atoms with Crippen LogP contribution in [-0.2, 0) is 11.0 Å². The summed E-state index contributed by atoms with van der Waals surface area (Å²) in [4.78, 5) is 28.5. The zero-order valence-corrected chi connectivity index (χ0v) is 25.7. The molecular formula is C33H43F3N4O2. The Hall–Kier alpha value is -3.85. The first-order valence-corrected chi connectivity index (χ1v) is 14.0. The third-order valence-electron chi connectivity index (χ3n) is 6.43. The minimum atomic E-state index is -4.56. The Balaban J connectivity index is 2.39. The number of hydrogen-bond acceptors (Lipinski definition) is 4. The van der Waals surface area contributed by atoms with Gasteiger partial charge in [-0.3, -0.25) is 9.59 Å². The predicted molar refractivity (Wildman–Crippen MR) is 165 cm³/mol. The summed E-state index contributed by atoms with van der Waals surface area (Å²) in [7, 11) is 3.97. The third-order valence-corrected chi connectivity index (χ3v) is 6.43. The summed E-state index contributed by atoms with van der Waals surface area (Å²) in [5, 5.41) is 9.08. The van der Waals surface area contributed by atoms with Crippen LogP contribution in [0.1, 0.15) is 56.1 Å². The highest BCUT2D eigenvalue weighted by molar-refractivity contribution is 6.08. The van der Waals surface area contributed by atoms with E-state index in [0.717, 1.165) is 35.5 Å². The average molecular weight is 585 g/mol. The van der Waals surface area contributed by atoms with E-state index in [1.165, 1.54) is 12.1 Å². The highest BCUT2D eigenvalue weighted by Crippen LogP contribution is 2.30. The van der Waals surface area contributed by atoms with Gasteiger partial charge in [-0.25, -0.2) is 0 Å². The molecule has 0 heterocycles. The van der Waals surface area contributed by atoms with E-state index in [4.69, 9.17) is 0 Å². The molecule has 0 radical (unpaired) electrons. The summed E-state index contributed by atoms with van der Waals surface area (Å²) in [5.74, 6) is -0.544. The molecule has 2 aromatic rings. The number of likely N-dealkylation sites (N-methyl/N-ethyl adjacent to an activating group) is 1. The fourth-order valence-corrected chi connectivity index (χ4v) is 4.07. The number of rotatable bonds is 12. The van der Waals surface area contributed by atoms with Crippen molar-refractivity contribution in [2.75, 3.05) is 37.8 Å². The molecule has 0 atom stereocenters. The molecule has 0 aliphatic carbocycles. The molecule has 6 nitrogen and oxygen atoms in total. The van der Waals surface area contributed by atoms with Crippen molar-refractivity contribution >= 4 is 23.2 Å². The minimum Gasteiger partial charge on any atom is -0.383 e. The van der Waals surface area contributed by atoms with Crippen LogP contribution in [0, 0.1) is 18.8 Å². The van der Waals surface area contributed by atoms with E-state index in [1.807, 2.05) is 27.9 Å². The fraction of sp³-hybridized carbons (Fsp3) is 0.394. The topological polar surface area (TPSA) is 73.5 Å². The number of hydrogen-bond donors (Lipinski definition) is 3. The van der Waals surface area contributed by atoms with Crippen LogP contribution in [0.25, 0.3) is 0 Å². The van der Waals surface area contributed by atoms with Gasteiger partial charge in [-0.1, -0.05) is 58.1 Å². The van der Waals surface area contributed by atoms with Gasteiger partial charge in [0.15, 0.2) is 0 Å². The Bertz CT molecular complexity index is 1340. The van der Waals surface area contributed by atoms with E-state index in [2.05, 4.69) is 60.7 Å². The van der Waals surface area contributed by atoms with Crippen LogP contribution in [-0.4, -0.2) is 43.9 Å². The standard InChI is InChI=1S/C33H43F3N4O2/c1-9-27(30(37-17-18-40(7)8)28(22(4)5)16-13-21(2)3)32(42)39-29-20-26(15-14-23(29)6)38-31(41)24-11-10-12-25(19-24)33(34,35)36/h9-16,19-22,37H,17-18H2,1-8H3,(H,38,41)(H,39,42)/b16-13-,27-9+,30-28+. The molecule has 2 amide bonds. The maximum Gasteiger partial charge on any atom is 0.416 e. The Kier molecular flexibility index (Phi) is 12.6. The molecule has 228 valence electrons. The van der Waals surface area contributed by atoms with Crippen molar-refractivity contribution in [2.45, 2.75) is 47.7 Å². The molecule has 0 saturated carbocycles. The summed E-state index contributed by atoms with van der Waals surface area (Å²) in [5.41, 5.74) is 2.76. The van der Waals surface area contributed by atoms with Crippen molar-refractivity contribution < 1.29 is 22.8 Å². The van der Waals surface area contributed by atoms with Gasteiger partial charge in [0.1, 0.15) is 0 Å². The molecule has 0 aliphatic rings. The first kappa shape index (κ1) is 34.4. The van der Waals surface area contributed by atoms with Crippen LogP contribution in [0.4, 0.5) is 24.5 Å². The number of aryl methyl sites for hydroxylation is 1. The second-order valence-electron chi connectivity index (χ2n) is 11.0. The van der Waals surface area contributed by atoms with Crippen LogP contribution < -0.4 is 16.0 Å². The number of alkyl halides is 3. The zero-order valence-electron chi connectivity index (χ0n) is 25.7. The molecule has 0 saturated heterocycles. The summed E-state index contributed by atoms with van der Waals surface area (Å²) in [6, 6.07) is 9.18. The van der Waals surface area contributed by atoms with Crippen LogP contribution in [0.2, 0.25) is 0 Å². The van der Waals surface area contributed by atoms with Gasteiger partial charge in [0, 0.05) is 30.0 Å². The molecular weight excluding hydrogens is 541 g/mol. The maximum absolute atomic E-state index is 13.7. The molecule has 0 fully saturated rings. The van der Waals surface area contributed by atoms with Gasteiger partial charge in [-0.15, -0.1) is 0 Å². The smallest absolute Gasteiger partial charge is 0.383 e. The zero-order chi connectivity index (χ0) is 31.6. The molecule has 0 spiro atoms. The lowest BCUT2D eigenvalue weighted by atomic mass is 9.94. The quantitative estimate of drug-likeness (QED) is 0.179. The molecule has 0 aromatic heterocycles. The molecule has 2 aromatic carbocycles. The molecule has 9 heteroatoms. The lowest BCUT2D eigenvalue weighted by Crippen LogP contribution is -2.31. The van der Waals surface area contributed by atoms with E-state index in [9.17, 15) is 22.8 Å². The molecule has 0 aliphatic heterocycles. The van der Waals surface area contributed by atoms with Crippen molar-refractivity contribution in [2.24, 2.45) is 11.8 Å². The monoisotopic (exact) mass is 584 g/mol. The molecule has 3 N–H and O–H groups in total. The van der Waals surface area contributed by atoms with Gasteiger partial charge in [0.25, 0.3) is 11.8 Å². The Labute approximate surface area is 247 Å². The molecule has 0 unspecified atom stereocenters. The number of carbonyl (C=O) groups excluding carboxylic acids is 2. The number of anilines is 2. The number of benzene rings is 2. The number of amides is 2. The van der Waals surface area contributed by atoms with Crippen LogP contribution in [0.15, 0.2) is 77.5 Å². The Morgan fingerprint density at radius 1 is 1.00 bits per heavy atom. The van der Waals surface area contributed by atoms with E-state index in [0.29, 0.717) is 29.4 Å². The lowest BCUT2D eigenvalue weighted by Gasteiger charge is -2.22. The van der Waals surface area contributed by atoms with Crippen LogP contribution >= 0.6 is 0 Å². The highest BCUT2D eigenvalue weighted by Gasteiger charge is 2.31. The predicted octanol–water partition coefficient (Wildman–Crippen LogP) is 7.42. The largest absolute Gasteiger partial charge is 0.416 e. The van der Waals surface area contributed by atoms with Gasteiger partial charge in [-0.05, 0) is 81.2 Å². The average Bonchev–Trinajstić information content (AvgIpc) is 2.89. The van der Waals surface area contributed by atoms with Crippen LogP contribution in [0.3, 0.4) is 0 Å². The van der Waals surface area contributed by atoms with Gasteiger partial charge >= 0.3 is 6.18 Å². The summed E-state index contributed by atoms with van der Waals surface area (Å²) >= 11 is 0. The normalized spacial score (nSPS) is 13.1. The van der Waals surface area contributed by atoms with E-state index in [1.54, 1.807) is 24.3 Å². The first-order valence-electron chi connectivity index (χ1n) is 14.0. The van der Waals surface area contributed by atoms with Gasteiger partial charge in [0.05, 0.1) is 16.8 Å². The van der Waals surface area contributed by atoms with Gasteiger partial charge in [-0.2, -0.15) is 13.2 Å². The second-order valence-corrected chi connectivity index (χ2v) is 11.0. The second kappa shape index (κ2) is 15.4. The Morgan fingerprint density at radius 2 is 1.69 bits per heavy atom. The summed E-state index contributed by atoms with van der Waals surface area (Å²) < 4.78 is 39.3. The number of carbonyl (C=O) groups is 2. The van der Waals surface area contributed by atoms with Crippen molar-refractivity contribution in [1.29, 1.82) is 0 Å². The van der Waals surface area contributed by atoms with E-state index >= 15 is 0 Å². The van der Waals surface area contributed by atoms with E-state index in [-0.39, 0.29) is 17.4 Å². The van der Waals surface area contributed by atoms with Crippen LogP contribution in [0.5, 0.6) is 0 Å². The Morgan fingerprint density at radius 3 is 2.26 bits per heavy atom. The number of allylic oxidation sites excluding steroid dienone is 4. The number of nitrogens with zero attached hydrogens (tertiary/aromatic N) is 1. The number of nitrogens with one attached hydrogen (secondary N) is 3. The SMILES string of the molecule is C\C=C(C(=O)Nc1cc(NC(=O)c2cccc(C(F)(F)F)c2)ccc1C)/C(NCCN(C)C)=C(/C=C\C(C)C)C(C)C. The third kappa shape index (κ3) is 10.2. The van der Waals surface area contributed by atoms with E-state index < -0.39 is 17.6 Å². The fourth-order valence-electron chi connectivity index (χ4n) is 4.07. The van der Waals surface area contributed by atoms with Crippen molar-refractivity contribution in [3.63, 3.8) is 0 Å². The van der Waals surface area contributed by atoms with Gasteiger partial charge in [0.2, 0.25) is 0 Å². The lowest BCUT2D eigenvalue weighted by molar-refractivity contribution is -0.137. The van der Waals surface area contributed by atoms with Gasteiger partial charge < -0.3 is 20.9 Å². The van der Waals surface area contributed by atoms with Crippen molar-refractivity contribution in [3.05, 3.63) is 94.2 Å². The minimum absolute atomic E-state index is 0.124. The highest BCUT2D eigenvalue weighted by atomic mass is 19.4. The van der Waals surface area contributed by atoms with Crippen molar-refractivity contribution in [1.82, 2.24) is 10.2 Å². The van der Waals surface area contributed by atoms with Crippen molar-refractivity contribution in [3.8, 4) is 0 Å². The molecule has 42 heavy (non-hydrogen) atoms. The summed E-state index contributed by atoms with van der Waals surface area (Å²) in [6.45, 7) is 13.4. The summed E-state index contributed by atoms with van der Waals surface area (Å²) in [6.07, 6.45) is 1.39. The molecule has 0 bridgehead atoms. The number of halogens is 3. The molecule has 2 rings (SSSR count).